The topological polar surface area (TPSA) is 37.3 Å². The maximum atomic E-state index is 14.2. The van der Waals surface area contributed by atoms with Crippen LogP contribution in [0, 0.1) is 5.82 Å². The van der Waals surface area contributed by atoms with Gasteiger partial charge in [0.1, 0.15) is 5.82 Å². The Bertz CT molecular complexity index is 870. The van der Waals surface area contributed by atoms with Crippen molar-refractivity contribution in [2.45, 2.75) is 31.2 Å². The smallest absolute Gasteiger partial charge is 0.306 e. The summed E-state index contributed by atoms with van der Waals surface area (Å²) in [5.74, 6) is -0.840. The van der Waals surface area contributed by atoms with E-state index in [9.17, 15) is 21.8 Å². The van der Waals surface area contributed by atoms with Gasteiger partial charge in [-0.2, -0.15) is 13.2 Å². The van der Waals surface area contributed by atoms with Crippen molar-refractivity contribution in [3.05, 3.63) is 70.5 Å². The van der Waals surface area contributed by atoms with E-state index in [1.165, 1.54) is 24.3 Å². The van der Waals surface area contributed by atoms with E-state index in [1.807, 2.05) is 0 Å². The highest BCUT2D eigenvalue weighted by Crippen LogP contribution is 2.41. The fourth-order valence-electron chi connectivity index (χ4n) is 3.23. The van der Waals surface area contributed by atoms with Gasteiger partial charge >= 0.3 is 6.18 Å². The van der Waals surface area contributed by atoms with Crippen LogP contribution in [0.3, 0.4) is 0 Å². The molecule has 1 atom stereocenters. The number of hydrogen-bond donors (Lipinski definition) is 1. The van der Waals surface area contributed by atoms with E-state index < -0.39 is 28.6 Å². The summed E-state index contributed by atoms with van der Waals surface area (Å²) in [5, 5.41) is 0. The molecule has 2 aromatic carbocycles. The summed E-state index contributed by atoms with van der Waals surface area (Å²) in [4.78, 5) is 0. The first kappa shape index (κ1) is 18.8. The number of hydrogen-bond acceptors (Lipinski definition) is 1. The van der Waals surface area contributed by atoms with Crippen molar-refractivity contribution in [2.75, 3.05) is 0 Å². The standard InChI is InChI=1S/C19H16F4O2S/c20-18-10-13(4-5-14(18)11-26(24)25)17-3-1-2-16(17)12-6-8-15(9-7-12)19(21,22)23/h4-10H,1-3,11H2,(H,24,25). The highest BCUT2D eigenvalue weighted by Gasteiger charge is 2.30. The van der Waals surface area contributed by atoms with Crippen LogP contribution in [0.1, 0.15) is 41.5 Å². The fraction of sp³-hybridized carbons (Fsp3) is 0.263. The molecule has 0 spiro atoms. The van der Waals surface area contributed by atoms with Crippen LogP contribution in [0.25, 0.3) is 11.1 Å². The molecule has 1 aliphatic rings. The first-order valence-corrected chi connectivity index (χ1v) is 9.29. The predicted octanol–water partition coefficient (Wildman–Crippen LogP) is 5.66. The van der Waals surface area contributed by atoms with Crippen LogP contribution in [0.2, 0.25) is 0 Å². The minimum Gasteiger partial charge on any atom is -0.306 e. The van der Waals surface area contributed by atoms with E-state index in [0.717, 1.165) is 29.7 Å². The molecular formula is C19H16F4O2S. The molecule has 0 amide bonds. The van der Waals surface area contributed by atoms with Crippen molar-refractivity contribution in [1.82, 2.24) is 0 Å². The van der Waals surface area contributed by atoms with E-state index in [4.69, 9.17) is 4.55 Å². The maximum Gasteiger partial charge on any atom is 0.416 e. The highest BCUT2D eigenvalue weighted by molar-refractivity contribution is 7.78. The predicted molar refractivity (Wildman–Crippen MR) is 93.0 cm³/mol. The molecule has 3 rings (SSSR count). The van der Waals surface area contributed by atoms with Crippen LogP contribution >= 0.6 is 0 Å². The zero-order valence-corrected chi connectivity index (χ0v) is 14.5. The van der Waals surface area contributed by atoms with Crippen molar-refractivity contribution >= 4 is 22.2 Å². The minimum atomic E-state index is -4.38. The molecule has 7 heteroatoms. The van der Waals surface area contributed by atoms with Crippen molar-refractivity contribution in [3.8, 4) is 0 Å². The molecule has 0 saturated carbocycles. The third-order valence-electron chi connectivity index (χ3n) is 4.46. The lowest BCUT2D eigenvalue weighted by atomic mass is 9.95. The Hall–Kier alpha value is -1.99. The molecule has 0 aliphatic heterocycles. The van der Waals surface area contributed by atoms with Gasteiger partial charge in [-0.15, -0.1) is 0 Å². The molecule has 0 heterocycles. The van der Waals surface area contributed by atoms with Crippen molar-refractivity contribution in [1.29, 1.82) is 0 Å². The van der Waals surface area contributed by atoms with Crippen LogP contribution in [-0.2, 0) is 23.0 Å². The lowest BCUT2D eigenvalue weighted by molar-refractivity contribution is -0.137. The van der Waals surface area contributed by atoms with Gasteiger partial charge in [0.15, 0.2) is 11.1 Å². The molecule has 26 heavy (non-hydrogen) atoms. The number of benzene rings is 2. The highest BCUT2D eigenvalue weighted by atomic mass is 32.2. The zero-order valence-electron chi connectivity index (χ0n) is 13.6. The summed E-state index contributed by atoms with van der Waals surface area (Å²) in [7, 11) is 0. The number of alkyl halides is 3. The summed E-state index contributed by atoms with van der Waals surface area (Å²) >= 11 is -2.13. The van der Waals surface area contributed by atoms with Crippen molar-refractivity contribution in [2.24, 2.45) is 0 Å². The summed E-state index contributed by atoms with van der Waals surface area (Å²) in [6.45, 7) is 0. The molecule has 138 valence electrons. The summed E-state index contributed by atoms with van der Waals surface area (Å²) in [5.41, 5.74) is 2.63. The van der Waals surface area contributed by atoms with Gasteiger partial charge < -0.3 is 4.55 Å². The molecule has 2 nitrogen and oxygen atoms in total. The van der Waals surface area contributed by atoms with Crippen LogP contribution in [0.15, 0.2) is 42.5 Å². The number of allylic oxidation sites excluding steroid dienone is 2. The van der Waals surface area contributed by atoms with Gasteiger partial charge in [0.05, 0.1) is 11.3 Å². The molecular weight excluding hydrogens is 368 g/mol. The van der Waals surface area contributed by atoms with Gasteiger partial charge in [-0.3, -0.25) is 0 Å². The normalized spacial score (nSPS) is 16.2. The van der Waals surface area contributed by atoms with Crippen LogP contribution < -0.4 is 0 Å². The first-order valence-electron chi connectivity index (χ1n) is 8.01. The average Bonchev–Trinajstić information content (AvgIpc) is 3.05. The van der Waals surface area contributed by atoms with E-state index in [2.05, 4.69) is 0 Å². The van der Waals surface area contributed by atoms with Gasteiger partial charge in [0, 0.05) is 5.56 Å². The average molecular weight is 384 g/mol. The molecule has 0 fully saturated rings. The van der Waals surface area contributed by atoms with Crippen LogP contribution in [0.5, 0.6) is 0 Å². The fourth-order valence-corrected chi connectivity index (χ4v) is 3.73. The molecule has 2 aromatic rings. The Morgan fingerprint density at radius 3 is 2.08 bits per heavy atom. The quantitative estimate of drug-likeness (QED) is 0.545. The second-order valence-corrected chi connectivity index (χ2v) is 7.09. The van der Waals surface area contributed by atoms with E-state index in [1.54, 1.807) is 6.07 Å². The monoisotopic (exact) mass is 384 g/mol. The zero-order chi connectivity index (χ0) is 18.9. The van der Waals surface area contributed by atoms with Gasteiger partial charge in [-0.25, -0.2) is 8.60 Å². The second kappa shape index (κ2) is 7.32. The Morgan fingerprint density at radius 1 is 0.962 bits per heavy atom. The summed E-state index contributed by atoms with van der Waals surface area (Å²) in [6, 6.07) is 9.50. The van der Waals surface area contributed by atoms with Crippen molar-refractivity contribution in [3.63, 3.8) is 0 Å². The molecule has 0 bridgehead atoms. The van der Waals surface area contributed by atoms with Gasteiger partial charge in [0.2, 0.25) is 0 Å². The Balaban J connectivity index is 1.95. The minimum absolute atomic E-state index is 0.157. The molecule has 1 N–H and O–H groups in total. The first-order chi connectivity index (χ1) is 12.3. The maximum absolute atomic E-state index is 14.2. The van der Waals surface area contributed by atoms with Crippen LogP contribution in [0.4, 0.5) is 17.6 Å². The molecule has 0 radical (unpaired) electrons. The lowest BCUT2D eigenvalue weighted by Gasteiger charge is -2.12. The molecule has 1 aliphatic carbocycles. The van der Waals surface area contributed by atoms with E-state index >= 15 is 0 Å². The SMILES string of the molecule is O=S(O)Cc1ccc(C2=C(c3ccc(C(F)(F)F)cc3)CCC2)cc1F. The Morgan fingerprint density at radius 2 is 1.54 bits per heavy atom. The molecule has 0 aromatic heterocycles. The van der Waals surface area contributed by atoms with Gasteiger partial charge in [-0.05, 0) is 59.7 Å². The third kappa shape index (κ3) is 4.04. The van der Waals surface area contributed by atoms with Crippen LogP contribution in [-0.4, -0.2) is 8.76 Å². The van der Waals surface area contributed by atoms with Crippen molar-refractivity contribution < 1.29 is 26.3 Å². The lowest BCUT2D eigenvalue weighted by Crippen LogP contribution is -2.04. The summed E-state index contributed by atoms with van der Waals surface area (Å²) in [6.07, 6.45) is -2.11. The number of halogens is 4. The second-order valence-electron chi connectivity index (χ2n) is 6.16. The van der Waals surface area contributed by atoms with Gasteiger partial charge in [0.25, 0.3) is 0 Å². The largest absolute Gasteiger partial charge is 0.416 e. The Kier molecular flexibility index (Phi) is 5.29. The Labute approximate surface area is 150 Å². The summed E-state index contributed by atoms with van der Waals surface area (Å²) < 4.78 is 72.1. The third-order valence-corrected chi connectivity index (χ3v) is 5.02. The molecule has 1 unspecified atom stereocenters. The number of rotatable bonds is 4. The van der Waals surface area contributed by atoms with E-state index in [-0.39, 0.29) is 11.3 Å². The van der Waals surface area contributed by atoms with Gasteiger partial charge in [-0.1, -0.05) is 24.3 Å². The molecule has 0 saturated heterocycles. The van der Waals surface area contributed by atoms with E-state index in [0.29, 0.717) is 24.0 Å².